The smallest absolute Gasteiger partial charge is 0.260 e. The molecule has 0 atom stereocenters. The summed E-state index contributed by atoms with van der Waals surface area (Å²) in [6.45, 7) is 7.20. The summed E-state index contributed by atoms with van der Waals surface area (Å²) in [5, 5.41) is 10.1. The third-order valence-electron chi connectivity index (χ3n) is 3.40. The van der Waals surface area contributed by atoms with E-state index in [9.17, 15) is 8.42 Å². The molecule has 1 aliphatic carbocycles. The average molecular weight is 286 g/mol. The fraction of sp³-hybridized carbons (Fsp3) is 0.750. The molecule has 7 heteroatoms. The highest BCUT2D eigenvalue weighted by molar-refractivity contribution is 7.89. The van der Waals surface area contributed by atoms with Crippen molar-refractivity contribution < 1.29 is 8.42 Å². The summed E-state index contributed by atoms with van der Waals surface area (Å²) in [6, 6.07) is 0. The first kappa shape index (κ1) is 14.5. The first-order valence-electron chi connectivity index (χ1n) is 6.66. The molecule has 0 unspecified atom stereocenters. The van der Waals surface area contributed by atoms with Crippen molar-refractivity contribution in [3.05, 3.63) is 11.3 Å². The van der Waals surface area contributed by atoms with Crippen LogP contribution in [-0.4, -0.2) is 30.7 Å². The van der Waals surface area contributed by atoms with Gasteiger partial charge >= 0.3 is 0 Å². The summed E-state index contributed by atoms with van der Waals surface area (Å²) in [6.07, 6.45) is 2.79. The molecular formula is C12H22N4O2S. The van der Waals surface area contributed by atoms with Crippen LogP contribution < -0.4 is 10.0 Å². The Labute approximate surface area is 114 Å². The van der Waals surface area contributed by atoms with Crippen LogP contribution in [0.3, 0.4) is 0 Å². The lowest BCUT2D eigenvalue weighted by Gasteiger charge is -2.12. The molecule has 0 aliphatic heterocycles. The SMILES string of the molecule is CCCNCc1c(S(=O)(=O)NC2(C)CC2)n[nH]c1C. The number of nitrogens with zero attached hydrogens (tertiary/aromatic N) is 1. The fourth-order valence-electron chi connectivity index (χ4n) is 1.91. The van der Waals surface area contributed by atoms with E-state index in [-0.39, 0.29) is 10.6 Å². The van der Waals surface area contributed by atoms with Gasteiger partial charge in [0, 0.05) is 23.3 Å². The van der Waals surface area contributed by atoms with E-state index in [0.29, 0.717) is 6.54 Å². The number of sulfonamides is 1. The van der Waals surface area contributed by atoms with Crippen LogP contribution in [0, 0.1) is 6.92 Å². The third kappa shape index (κ3) is 3.34. The van der Waals surface area contributed by atoms with Crippen LogP contribution in [0.25, 0.3) is 0 Å². The molecule has 0 radical (unpaired) electrons. The Kier molecular flexibility index (Phi) is 3.98. The minimum Gasteiger partial charge on any atom is -0.313 e. The van der Waals surface area contributed by atoms with E-state index in [1.165, 1.54) is 0 Å². The summed E-state index contributed by atoms with van der Waals surface area (Å²) in [5.74, 6) is 0. The van der Waals surface area contributed by atoms with Crippen molar-refractivity contribution in [3.8, 4) is 0 Å². The molecule has 19 heavy (non-hydrogen) atoms. The molecular weight excluding hydrogens is 264 g/mol. The van der Waals surface area contributed by atoms with Crippen LogP contribution in [0.2, 0.25) is 0 Å². The van der Waals surface area contributed by atoms with Crippen molar-refractivity contribution in [2.24, 2.45) is 0 Å². The quantitative estimate of drug-likeness (QED) is 0.654. The van der Waals surface area contributed by atoms with Gasteiger partial charge in [-0.1, -0.05) is 6.92 Å². The lowest BCUT2D eigenvalue weighted by atomic mass is 10.2. The number of hydrogen-bond donors (Lipinski definition) is 3. The molecule has 0 aromatic carbocycles. The largest absolute Gasteiger partial charge is 0.313 e. The molecule has 1 fully saturated rings. The Bertz CT molecular complexity index is 546. The van der Waals surface area contributed by atoms with Crippen molar-refractivity contribution in [1.29, 1.82) is 0 Å². The van der Waals surface area contributed by atoms with Gasteiger partial charge in [0.2, 0.25) is 0 Å². The molecule has 1 heterocycles. The average Bonchev–Trinajstić information content (AvgIpc) is 2.90. The van der Waals surface area contributed by atoms with E-state index < -0.39 is 10.0 Å². The molecule has 1 aromatic heterocycles. The maximum atomic E-state index is 12.3. The normalized spacial score (nSPS) is 17.6. The summed E-state index contributed by atoms with van der Waals surface area (Å²) in [4.78, 5) is 0. The van der Waals surface area contributed by atoms with Crippen LogP contribution in [0.4, 0.5) is 0 Å². The number of aryl methyl sites for hydroxylation is 1. The van der Waals surface area contributed by atoms with Gasteiger partial charge in [-0.3, -0.25) is 5.10 Å². The first-order valence-corrected chi connectivity index (χ1v) is 8.15. The molecule has 0 bridgehead atoms. The number of hydrogen-bond acceptors (Lipinski definition) is 4. The standard InChI is InChI=1S/C12H22N4O2S/c1-4-7-13-8-10-9(2)14-15-11(10)19(17,18)16-12(3)5-6-12/h13,16H,4-8H2,1-3H3,(H,14,15). The Morgan fingerprint density at radius 1 is 1.42 bits per heavy atom. The van der Waals surface area contributed by atoms with E-state index in [0.717, 1.165) is 37.1 Å². The molecule has 1 saturated carbocycles. The van der Waals surface area contributed by atoms with Crippen LogP contribution >= 0.6 is 0 Å². The molecule has 1 aliphatic rings. The third-order valence-corrected chi connectivity index (χ3v) is 5.01. The predicted octanol–water partition coefficient (Wildman–Crippen LogP) is 1.05. The van der Waals surface area contributed by atoms with Gasteiger partial charge in [-0.2, -0.15) is 5.10 Å². The Morgan fingerprint density at radius 3 is 2.68 bits per heavy atom. The van der Waals surface area contributed by atoms with E-state index in [4.69, 9.17) is 0 Å². The zero-order valence-electron chi connectivity index (χ0n) is 11.7. The minimum absolute atomic E-state index is 0.127. The van der Waals surface area contributed by atoms with E-state index in [1.807, 2.05) is 13.8 Å². The van der Waals surface area contributed by atoms with Crippen LogP contribution in [-0.2, 0) is 16.6 Å². The highest BCUT2D eigenvalue weighted by Crippen LogP contribution is 2.36. The van der Waals surface area contributed by atoms with Gasteiger partial charge in [-0.05, 0) is 39.7 Å². The molecule has 6 nitrogen and oxygen atoms in total. The molecule has 1 aromatic rings. The predicted molar refractivity (Wildman–Crippen MR) is 73.3 cm³/mol. The maximum absolute atomic E-state index is 12.3. The van der Waals surface area contributed by atoms with Gasteiger partial charge in [0.25, 0.3) is 10.0 Å². The van der Waals surface area contributed by atoms with E-state index >= 15 is 0 Å². The Balaban J connectivity index is 2.19. The second-order valence-electron chi connectivity index (χ2n) is 5.48. The van der Waals surface area contributed by atoms with Crippen molar-refractivity contribution in [1.82, 2.24) is 20.2 Å². The van der Waals surface area contributed by atoms with Gasteiger partial charge in [0.05, 0.1) is 0 Å². The molecule has 0 amide bonds. The number of aromatic amines is 1. The number of aromatic nitrogens is 2. The fourth-order valence-corrected chi connectivity index (χ4v) is 3.58. The van der Waals surface area contributed by atoms with Crippen LogP contribution in [0.1, 0.15) is 44.4 Å². The molecule has 0 saturated heterocycles. The van der Waals surface area contributed by atoms with E-state index in [1.54, 1.807) is 0 Å². The second kappa shape index (κ2) is 5.22. The van der Waals surface area contributed by atoms with Crippen molar-refractivity contribution in [2.75, 3.05) is 6.54 Å². The summed E-state index contributed by atoms with van der Waals surface area (Å²) >= 11 is 0. The van der Waals surface area contributed by atoms with E-state index in [2.05, 4.69) is 27.2 Å². The number of H-pyrrole nitrogens is 1. The molecule has 108 valence electrons. The molecule has 3 N–H and O–H groups in total. The minimum atomic E-state index is -3.53. The van der Waals surface area contributed by atoms with Crippen molar-refractivity contribution in [2.45, 2.75) is 57.1 Å². The first-order chi connectivity index (χ1) is 8.88. The highest BCUT2D eigenvalue weighted by Gasteiger charge is 2.42. The Morgan fingerprint density at radius 2 is 2.11 bits per heavy atom. The lowest BCUT2D eigenvalue weighted by molar-refractivity contribution is 0.551. The maximum Gasteiger partial charge on any atom is 0.260 e. The number of rotatable bonds is 7. The van der Waals surface area contributed by atoms with Gasteiger partial charge in [0.15, 0.2) is 5.03 Å². The van der Waals surface area contributed by atoms with Gasteiger partial charge in [-0.15, -0.1) is 0 Å². The van der Waals surface area contributed by atoms with Gasteiger partial charge in [0.1, 0.15) is 0 Å². The zero-order valence-corrected chi connectivity index (χ0v) is 12.5. The van der Waals surface area contributed by atoms with Crippen LogP contribution in [0.5, 0.6) is 0 Å². The van der Waals surface area contributed by atoms with Crippen LogP contribution in [0.15, 0.2) is 5.03 Å². The molecule has 2 rings (SSSR count). The van der Waals surface area contributed by atoms with Crippen molar-refractivity contribution >= 4 is 10.0 Å². The van der Waals surface area contributed by atoms with Gasteiger partial charge < -0.3 is 5.32 Å². The monoisotopic (exact) mass is 286 g/mol. The summed E-state index contributed by atoms with van der Waals surface area (Å²) in [5.41, 5.74) is 1.25. The van der Waals surface area contributed by atoms with Gasteiger partial charge in [-0.25, -0.2) is 13.1 Å². The second-order valence-corrected chi connectivity index (χ2v) is 7.07. The topological polar surface area (TPSA) is 86.9 Å². The zero-order chi connectivity index (χ0) is 14.1. The Hall–Kier alpha value is -0.920. The highest BCUT2D eigenvalue weighted by atomic mass is 32.2. The summed E-state index contributed by atoms with van der Waals surface area (Å²) < 4.78 is 27.4. The lowest BCUT2D eigenvalue weighted by Crippen LogP contribution is -2.35. The number of nitrogens with one attached hydrogen (secondary N) is 3. The van der Waals surface area contributed by atoms with Crippen molar-refractivity contribution in [3.63, 3.8) is 0 Å². The molecule has 0 spiro atoms. The summed E-state index contributed by atoms with van der Waals surface area (Å²) in [7, 11) is -3.53.